The lowest BCUT2D eigenvalue weighted by Gasteiger charge is -2.18. The first kappa shape index (κ1) is 15.5. The summed E-state index contributed by atoms with van der Waals surface area (Å²) in [7, 11) is 0. The summed E-state index contributed by atoms with van der Waals surface area (Å²) in [5, 5.41) is 12.1. The number of hydrogen-bond donors (Lipinski definition) is 2. The molecule has 5 nitrogen and oxygen atoms in total. The minimum absolute atomic E-state index is 0.125. The Balaban J connectivity index is 2.00. The lowest BCUT2D eigenvalue weighted by atomic mass is 9.94. The highest BCUT2D eigenvalue weighted by Gasteiger charge is 2.15. The number of fused-ring (bicyclic) bond motifs is 1. The first-order chi connectivity index (χ1) is 10.1. The molecular formula is C16H23N3O2. The quantitative estimate of drug-likeness (QED) is 0.820. The zero-order valence-electron chi connectivity index (χ0n) is 12.6. The van der Waals surface area contributed by atoms with Crippen LogP contribution < -0.4 is 5.32 Å². The van der Waals surface area contributed by atoms with Gasteiger partial charge in [-0.1, -0.05) is 19.9 Å². The summed E-state index contributed by atoms with van der Waals surface area (Å²) in [5.41, 5.74) is 1.30. The molecule has 2 rings (SSSR count). The Bertz CT molecular complexity index is 592. The number of aromatic nitrogens is 2. The van der Waals surface area contributed by atoms with Crippen molar-refractivity contribution in [2.24, 2.45) is 11.8 Å². The van der Waals surface area contributed by atoms with Gasteiger partial charge < -0.3 is 10.4 Å². The zero-order chi connectivity index (χ0) is 15.2. The van der Waals surface area contributed by atoms with E-state index in [2.05, 4.69) is 24.1 Å². The first-order valence-electron chi connectivity index (χ1n) is 7.43. The maximum absolute atomic E-state index is 12.3. The van der Waals surface area contributed by atoms with Crippen molar-refractivity contribution < 1.29 is 9.90 Å². The van der Waals surface area contributed by atoms with Gasteiger partial charge in [-0.25, -0.2) is 4.98 Å². The summed E-state index contributed by atoms with van der Waals surface area (Å²) in [6.07, 6.45) is 5.13. The average Bonchev–Trinajstić information content (AvgIpc) is 2.88. The maximum Gasteiger partial charge on any atom is 0.269 e. The molecule has 1 atom stereocenters. The Morgan fingerprint density at radius 3 is 2.95 bits per heavy atom. The van der Waals surface area contributed by atoms with E-state index in [-0.39, 0.29) is 12.5 Å². The Kier molecular flexibility index (Phi) is 5.33. The standard InChI is InChI=1S/C16H23N3O2/c1-12(2)9-13(6-8-20)10-18-16(21)14-11-17-15-5-3-4-7-19(14)15/h3-5,7,11-13,20H,6,8-10H2,1-2H3,(H,18,21). The molecule has 0 aromatic carbocycles. The predicted molar refractivity (Wildman–Crippen MR) is 82.2 cm³/mol. The Morgan fingerprint density at radius 2 is 2.24 bits per heavy atom. The normalized spacial score (nSPS) is 12.8. The number of aliphatic hydroxyl groups is 1. The van der Waals surface area contributed by atoms with Crippen molar-refractivity contribution in [2.75, 3.05) is 13.2 Å². The highest BCUT2D eigenvalue weighted by molar-refractivity contribution is 5.93. The van der Waals surface area contributed by atoms with Crippen LogP contribution >= 0.6 is 0 Å². The zero-order valence-corrected chi connectivity index (χ0v) is 12.6. The molecule has 0 fully saturated rings. The van der Waals surface area contributed by atoms with E-state index in [1.165, 1.54) is 0 Å². The monoisotopic (exact) mass is 289 g/mol. The third kappa shape index (κ3) is 4.04. The summed E-state index contributed by atoms with van der Waals surface area (Å²) in [5.74, 6) is 0.729. The first-order valence-corrected chi connectivity index (χ1v) is 7.43. The molecule has 0 aliphatic heterocycles. The van der Waals surface area contributed by atoms with Crippen LogP contribution in [0, 0.1) is 11.8 Å². The van der Waals surface area contributed by atoms with Gasteiger partial charge in [0.15, 0.2) is 0 Å². The average molecular weight is 289 g/mol. The number of pyridine rings is 1. The van der Waals surface area contributed by atoms with Crippen molar-refractivity contribution in [2.45, 2.75) is 26.7 Å². The molecule has 2 N–H and O–H groups in total. The van der Waals surface area contributed by atoms with Crippen LogP contribution in [0.4, 0.5) is 0 Å². The van der Waals surface area contributed by atoms with Gasteiger partial charge in [-0.15, -0.1) is 0 Å². The molecule has 0 saturated carbocycles. The topological polar surface area (TPSA) is 66.6 Å². The third-order valence-corrected chi connectivity index (χ3v) is 3.54. The van der Waals surface area contributed by atoms with Gasteiger partial charge in [-0.05, 0) is 36.8 Å². The van der Waals surface area contributed by atoms with Crippen molar-refractivity contribution in [1.82, 2.24) is 14.7 Å². The molecule has 2 aromatic rings. The van der Waals surface area contributed by atoms with E-state index < -0.39 is 0 Å². The second-order valence-corrected chi connectivity index (χ2v) is 5.79. The van der Waals surface area contributed by atoms with Gasteiger partial charge >= 0.3 is 0 Å². The van der Waals surface area contributed by atoms with E-state index >= 15 is 0 Å². The molecule has 0 spiro atoms. The van der Waals surface area contributed by atoms with Crippen LogP contribution in [0.2, 0.25) is 0 Å². The highest BCUT2D eigenvalue weighted by Crippen LogP contribution is 2.14. The maximum atomic E-state index is 12.3. The number of nitrogens with one attached hydrogen (secondary N) is 1. The van der Waals surface area contributed by atoms with Crippen molar-refractivity contribution in [3.8, 4) is 0 Å². The molecule has 5 heteroatoms. The summed E-state index contributed by atoms with van der Waals surface area (Å²) >= 11 is 0. The number of amides is 1. The lowest BCUT2D eigenvalue weighted by molar-refractivity contribution is 0.0935. The molecule has 0 saturated heterocycles. The van der Waals surface area contributed by atoms with Crippen molar-refractivity contribution in [3.05, 3.63) is 36.3 Å². The Labute approximate surface area is 125 Å². The van der Waals surface area contributed by atoms with Crippen molar-refractivity contribution >= 4 is 11.6 Å². The van der Waals surface area contributed by atoms with E-state index in [9.17, 15) is 4.79 Å². The Hall–Kier alpha value is -1.88. The van der Waals surface area contributed by atoms with Gasteiger partial charge in [0.1, 0.15) is 11.3 Å². The minimum Gasteiger partial charge on any atom is -0.396 e. The molecule has 1 amide bonds. The Morgan fingerprint density at radius 1 is 1.43 bits per heavy atom. The van der Waals surface area contributed by atoms with Crippen LogP contribution in [0.15, 0.2) is 30.6 Å². The molecule has 2 aromatic heterocycles. The van der Waals surface area contributed by atoms with Gasteiger partial charge in [0.25, 0.3) is 5.91 Å². The summed E-state index contributed by atoms with van der Waals surface area (Å²) in [4.78, 5) is 16.5. The second kappa shape index (κ2) is 7.22. The largest absolute Gasteiger partial charge is 0.396 e. The van der Waals surface area contributed by atoms with Crippen LogP contribution in [-0.2, 0) is 0 Å². The number of aliphatic hydroxyl groups excluding tert-OH is 1. The summed E-state index contributed by atoms with van der Waals surface area (Å²) in [6, 6.07) is 5.63. The van der Waals surface area contributed by atoms with Crippen molar-refractivity contribution in [1.29, 1.82) is 0 Å². The number of imidazole rings is 1. The lowest BCUT2D eigenvalue weighted by Crippen LogP contribution is -2.31. The van der Waals surface area contributed by atoms with Gasteiger partial charge in [0.05, 0.1) is 6.20 Å². The van der Waals surface area contributed by atoms with Crippen LogP contribution in [0.5, 0.6) is 0 Å². The highest BCUT2D eigenvalue weighted by atomic mass is 16.3. The number of rotatable bonds is 7. The molecule has 0 radical (unpaired) electrons. The van der Waals surface area contributed by atoms with Crippen LogP contribution in [0.1, 0.15) is 37.2 Å². The van der Waals surface area contributed by atoms with Gasteiger partial charge in [0.2, 0.25) is 0 Å². The fourth-order valence-electron chi connectivity index (χ4n) is 2.58. The smallest absolute Gasteiger partial charge is 0.269 e. The third-order valence-electron chi connectivity index (χ3n) is 3.54. The summed E-state index contributed by atoms with van der Waals surface area (Å²) < 4.78 is 1.78. The molecule has 21 heavy (non-hydrogen) atoms. The predicted octanol–water partition coefficient (Wildman–Crippen LogP) is 2.11. The molecular weight excluding hydrogens is 266 g/mol. The van der Waals surface area contributed by atoms with E-state index in [1.54, 1.807) is 10.6 Å². The SMILES string of the molecule is CC(C)CC(CCO)CNC(=O)c1cnc2ccccn12. The second-order valence-electron chi connectivity index (χ2n) is 5.79. The number of nitrogens with zero attached hydrogens (tertiary/aromatic N) is 2. The fourth-order valence-corrected chi connectivity index (χ4v) is 2.58. The van der Waals surface area contributed by atoms with Gasteiger partial charge in [0, 0.05) is 19.3 Å². The molecule has 0 aliphatic carbocycles. The van der Waals surface area contributed by atoms with E-state index in [1.807, 2.05) is 24.4 Å². The van der Waals surface area contributed by atoms with E-state index in [0.717, 1.165) is 12.1 Å². The molecule has 0 bridgehead atoms. The number of carbonyl (C=O) groups excluding carboxylic acids is 1. The van der Waals surface area contributed by atoms with Crippen LogP contribution in [0.25, 0.3) is 5.65 Å². The van der Waals surface area contributed by atoms with Crippen LogP contribution in [0.3, 0.4) is 0 Å². The molecule has 1 unspecified atom stereocenters. The molecule has 2 heterocycles. The fraction of sp³-hybridized carbons (Fsp3) is 0.500. The molecule has 114 valence electrons. The number of hydrogen-bond acceptors (Lipinski definition) is 3. The van der Waals surface area contributed by atoms with Crippen molar-refractivity contribution in [3.63, 3.8) is 0 Å². The van der Waals surface area contributed by atoms with Crippen LogP contribution in [-0.4, -0.2) is 33.6 Å². The minimum atomic E-state index is -0.125. The molecule has 0 aliphatic rings. The summed E-state index contributed by atoms with van der Waals surface area (Å²) in [6.45, 7) is 5.04. The van der Waals surface area contributed by atoms with Gasteiger partial charge in [-0.2, -0.15) is 0 Å². The van der Waals surface area contributed by atoms with E-state index in [4.69, 9.17) is 5.11 Å². The van der Waals surface area contributed by atoms with Gasteiger partial charge in [-0.3, -0.25) is 9.20 Å². The van der Waals surface area contributed by atoms with E-state index in [0.29, 0.717) is 30.5 Å². The number of carbonyl (C=O) groups is 1.